The molecule has 0 amide bonds. The zero-order valence-electron chi connectivity index (χ0n) is 16.0. The van der Waals surface area contributed by atoms with E-state index >= 15 is 0 Å². The molecule has 0 aliphatic carbocycles. The van der Waals surface area contributed by atoms with Crippen LogP contribution < -0.4 is 0 Å². The van der Waals surface area contributed by atoms with Gasteiger partial charge in [-0.15, -0.1) is 0 Å². The van der Waals surface area contributed by atoms with Gasteiger partial charge in [-0.25, -0.2) is 9.59 Å². The molecule has 4 heteroatoms. The van der Waals surface area contributed by atoms with Crippen molar-refractivity contribution in [3.63, 3.8) is 0 Å². The second-order valence-electron chi connectivity index (χ2n) is 4.36. The summed E-state index contributed by atoms with van der Waals surface area (Å²) in [7, 11) is 0. The van der Waals surface area contributed by atoms with E-state index in [2.05, 4.69) is 0 Å². The first-order valence-corrected chi connectivity index (χ1v) is 6.74. The molecule has 110 valence electrons. The van der Waals surface area contributed by atoms with Crippen molar-refractivity contribution in [1.29, 1.82) is 0 Å². The average Bonchev–Trinajstić information content (AvgIpc) is 2.55. The minimum absolute atomic E-state index is 0.109. The van der Waals surface area contributed by atoms with E-state index in [4.69, 9.17) is 15.0 Å². The lowest BCUT2D eigenvalue weighted by Gasteiger charge is -2.13. The lowest BCUT2D eigenvalue weighted by atomic mass is 10.1. The summed E-state index contributed by atoms with van der Waals surface area (Å²) in [4.78, 5) is 24.6. The van der Waals surface area contributed by atoms with Crippen molar-refractivity contribution >= 4 is 11.9 Å². The first kappa shape index (κ1) is 10.9. The SMILES string of the molecule is [2H]c1c([2H])c([2H])c(C(=O)OC(C)CC)c(C(=O)OCCCC)c1[2H]. The van der Waals surface area contributed by atoms with Crippen LogP contribution in [0.2, 0.25) is 0 Å². The average molecular weight is 282 g/mol. The summed E-state index contributed by atoms with van der Waals surface area (Å²) in [6, 6.07) is -2.40. The first-order valence-electron chi connectivity index (χ1n) is 8.74. The van der Waals surface area contributed by atoms with Gasteiger partial charge in [-0.05, 0) is 31.9 Å². The molecule has 1 aromatic carbocycles. The second-order valence-corrected chi connectivity index (χ2v) is 4.36. The topological polar surface area (TPSA) is 52.6 Å². The van der Waals surface area contributed by atoms with Crippen LogP contribution in [0, 0.1) is 0 Å². The lowest BCUT2D eigenvalue weighted by molar-refractivity contribution is 0.0321. The Morgan fingerprint density at radius 1 is 1.20 bits per heavy atom. The Labute approximate surface area is 125 Å². The Balaban J connectivity index is 3.38. The summed E-state index contributed by atoms with van der Waals surface area (Å²) in [6.07, 6.45) is 1.50. The number of benzene rings is 1. The Morgan fingerprint density at radius 3 is 2.35 bits per heavy atom. The molecule has 20 heavy (non-hydrogen) atoms. The fourth-order valence-corrected chi connectivity index (χ4v) is 1.33. The summed E-state index contributed by atoms with van der Waals surface area (Å²) in [5.41, 5.74) is -0.965. The molecule has 1 unspecified atom stereocenters. The van der Waals surface area contributed by atoms with Crippen LogP contribution in [0.1, 0.15) is 66.2 Å². The molecule has 0 heterocycles. The van der Waals surface area contributed by atoms with Gasteiger partial charge in [0.25, 0.3) is 0 Å². The van der Waals surface area contributed by atoms with E-state index in [0.29, 0.717) is 12.8 Å². The van der Waals surface area contributed by atoms with Crippen LogP contribution in [0.4, 0.5) is 0 Å². The van der Waals surface area contributed by atoms with Crippen LogP contribution in [-0.4, -0.2) is 24.6 Å². The summed E-state index contributed by atoms with van der Waals surface area (Å²) in [5.74, 6) is -1.91. The molecule has 0 aliphatic rings. The molecule has 1 rings (SSSR count). The highest BCUT2D eigenvalue weighted by Crippen LogP contribution is 2.14. The summed E-state index contributed by atoms with van der Waals surface area (Å²) in [6.45, 7) is 5.48. The smallest absolute Gasteiger partial charge is 0.339 e. The van der Waals surface area contributed by atoms with Crippen molar-refractivity contribution in [3.8, 4) is 0 Å². The van der Waals surface area contributed by atoms with Crippen molar-refractivity contribution in [2.24, 2.45) is 0 Å². The van der Waals surface area contributed by atoms with Gasteiger partial charge in [-0.1, -0.05) is 32.4 Å². The number of unbranched alkanes of at least 4 members (excludes halogenated alkanes) is 1. The number of ether oxygens (including phenoxy) is 2. The molecule has 0 aromatic heterocycles. The zero-order valence-corrected chi connectivity index (χ0v) is 12.0. The Morgan fingerprint density at radius 2 is 1.80 bits per heavy atom. The quantitative estimate of drug-likeness (QED) is 0.566. The van der Waals surface area contributed by atoms with Crippen molar-refractivity contribution < 1.29 is 24.5 Å². The van der Waals surface area contributed by atoms with Gasteiger partial charge in [-0.3, -0.25) is 0 Å². The van der Waals surface area contributed by atoms with Gasteiger partial charge in [0.2, 0.25) is 0 Å². The number of hydrogen-bond donors (Lipinski definition) is 0. The molecule has 0 bridgehead atoms. The van der Waals surface area contributed by atoms with Crippen molar-refractivity contribution in [3.05, 3.63) is 35.3 Å². The van der Waals surface area contributed by atoms with E-state index in [1.807, 2.05) is 6.92 Å². The Kier molecular flexibility index (Phi) is 4.55. The Hall–Kier alpha value is -1.84. The molecule has 0 saturated carbocycles. The zero-order chi connectivity index (χ0) is 18.4. The van der Waals surface area contributed by atoms with Crippen molar-refractivity contribution in [2.75, 3.05) is 6.61 Å². The predicted octanol–water partition coefficient (Wildman–Crippen LogP) is 3.60. The number of esters is 2. The molecule has 0 spiro atoms. The molecule has 1 atom stereocenters. The number of hydrogen-bond acceptors (Lipinski definition) is 4. The highest BCUT2D eigenvalue weighted by molar-refractivity contribution is 6.03. The third-order valence-electron chi connectivity index (χ3n) is 2.71. The fourth-order valence-electron chi connectivity index (χ4n) is 1.33. The van der Waals surface area contributed by atoms with Gasteiger partial charge in [0.05, 0.1) is 29.3 Å². The summed E-state index contributed by atoms with van der Waals surface area (Å²) in [5, 5.41) is 0. The number of carbonyl (C=O) groups is 2. The Bertz CT molecular complexity index is 631. The molecule has 0 N–H and O–H groups in total. The van der Waals surface area contributed by atoms with E-state index in [-0.39, 0.29) is 6.61 Å². The maximum Gasteiger partial charge on any atom is 0.339 e. The van der Waals surface area contributed by atoms with E-state index in [1.54, 1.807) is 13.8 Å². The lowest BCUT2D eigenvalue weighted by Crippen LogP contribution is -2.18. The van der Waals surface area contributed by atoms with Crippen LogP contribution in [0.3, 0.4) is 0 Å². The second kappa shape index (κ2) is 8.35. The van der Waals surface area contributed by atoms with Crippen LogP contribution in [-0.2, 0) is 9.47 Å². The maximum atomic E-state index is 12.3. The van der Waals surface area contributed by atoms with E-state index < -0.39 is 53.3 Å². The molecular weight excluding hydrogens is 256 g/mol. The molecule has 0 radical (unpaired) electrons. The standard InChI is InChI=1S/C16H22O4/c1-4-6-11-19-15(17)13-9-7-8-10-14(13)16(18)20-12(3)5-2/h7-10,12H,4-6,11H2,1-3H3/i7D,8D,9D,10D. The van der Waals surface area contributed by atoms with Crippen LogP contribution in [0.15, 0.2) is 24.2 Å². The van der Waals surface area contributed by atoms with Gasteiger partial charge in [-0.2, -0.15) is 0 Å². The van der Waals surface area contributed by atoms with Crippen molar-refractivity contribution in [1.82, 2.24) is 0 Å². The van der Waals surface area contributed by atoms with Crippen LogP contribution in [0.5, 0.6) is 0 Å². The van der Waals surface area contributed by atoms with E-state index in [9.17, 15) is 9.59 Å². The highest BCUT2D eigenvalue weighted by atomic mass is 16.5. The monoisotopic (exact) mass is 282 g/mol. The summed E-state index contributed by atoms with van der Waals surface area (Å²) < 4.78 is 41.4. The number of rotatable bonds is 7. The normalized spacial score (nSPS) is 14.6. The largest absolute Gasteiger partial charge is 0.462 e. The number of carbonyl (C=O) groups excluding carboxylic acids is 2. The predicted molar refractivity (Wildman–Crippen MR) is 76.8 cm³/mol. The highest BCUT2D eigenvalue weighted by Gasteiger charge is 2.20. The van der Waals surface area contributed by atoms with Crippen LogP contribution >= 0.6 is 0 Å². The van der Waals surface area contributed by atoms with Gasteiger partial charge < -0.3 is 9.47 Å². The van der Waals surface area contributed by atoms with Gasteiger partial charge >= 0.3 is 11.9 Å². The van der Waals surface area contributed by atoms with Gasteiger partial charge in [0.1, 0.15) is 0 Å². The molecule has 0 fully saturated rings. The van der Waals surface area contributed by atoms with E-state index in [1.165, 1.54) is 0 Å². The molecule has 0 aliphatic heterocycles. The third-order valence-corrected chi connectivity index (χ3v) is 2.71. The molecular formula is C16H22O4. The summed E-state index contributed by atoms with van der Waals surface area (Å²) >= 11 is 0. The van der Waals surface area contributed by atoms with Crippen molar-refractivity contribution in [2.45, 2.75) is 46.1 Å². The third kappa shape index (κ3) is 4.68. The molecule has 4 nitrogen and oxygen atoms in total. The minimum atomic E-state index is -0.959. The molecule has 0 saturated heterocycles. The minimum Gasteiger partial charge on any atom is -0.462 e. The van der Waals surface area contributed by atoms with Gasteiger partial charge in [0, 0.05) is 0 Å². The van der Waals surface area contributed by atoms with Gasteiger partial charge in [0.15, 0.2) is 0 Å². The first-order chi connectivity index (χ1) is 11.3. The van der Waals surface area contributed by atoms with E-state index in [0.717, 1.165) is 6.42 Å². The maximum absolute atomic E-state index is 12.3. The van der Waals surface area contributed by atoms with Crippen LogP contribution in [0.25, 0.3) is 0 Å². The fraction of sp³-hybridized carbons (Fsp3) is 0.500. The molecule has 1 aromatic rings.